The van der Waals surface area contributed by atoms with Crippen molar-refractivity contribution in [3.63, 3.8) is 0 Å². The molecule has 0 aromatic carbocycles. The van der Waals surface area contributed by atoms with E-state index in [1.54, 1.807) is 0 Å². The topological polar surface area (TPSA) is 23.5 Å². The molecule has 2 saturated carbocycles. The highest BCUT2D eigenvalue weighted by Gasteiger charge is 2.28. The van der Waals surface area contributed by atoms with Gasteiger partial charge in [0.05, 0.1) is 6.10 Å². The second-order valence-corrected chi connectivity index (χ2v) is 5.51. The summed E-state index contributed by atoms with van der Waals surface area (Å²) >= 11 is 0. The Hall–Kier alpha value is -0.0800. The molecule has 2 atom stereocenters. The lowest BCUT2D eigenvalue weighted by atomic mass is 9.91. The Morgan fingerprint density at radius 3 is 2.27 bits per heavy atom. The van der Waals surface area contributed by atoms with Crippen molar-refractivity contribution >= 4 is 0 Å². The van der Waals surface area contributed by atoms with Crippen LogP contribution >= 0.6 is 0 Å². The molecule has 2 fully saturated rings. The molecule has 2 aliphatic carbocycles. The van der Waals surface area contributed by atoms with Crippen LogP contribution in [0.2, 0.25) is 0 Å². The molecular weight excluding hydrogens is 186 g/mol. The Kier molecular flexibility index (Phi) is 4.04. The molecule has 0 bridgehead atoms. The van der Waals surface area contributed by atoms with Crippen molar-refractivity contribution in [2.75, 3.05) is 13.6 Å². The molecular formula is C13H25NO. The van der Waals surface area contributed by atoms with Gasteiger partial charge in [-0.1, -0.05) is 25.7 Å². The van der Waals surface area contributed by atoms with Gasteiger partial charge in [0.1, 0.15) is 0 Å². The van der Waals surface area contributed by atoms with E-state index in [2.05, 4.69) is 11.9 Å². The summed E-state index contributed by atoms with van der Waals surface area (Å²) in [6.07, 6.45) is 10.3. The number of nitrogens with zero attached hydrogens (tertiary/aromatic N) is 1. The molecule has 0 amide bonds. The van der Waals surface area contributed by atoms with Crippen molar-refractivity contribution in [2.45, 2.75) is 63.5 Å². The highest BCUT2D eigenvalue weighted by molar-refractivity contribution is 4.83. The molecule has 2 unspecified atom stereocenters. The van der Waals surface area contributed by atoms with E-state index in [1.807, 2.05) is 0 Å². The summed E-state index contributed by atoms with van der Waals surface area (Å²) < 4.78 is 0. The smallest absolute Gasteiger partial charge is 0.0695 e. The van der Waals surface area contributed by atoms with Gasteiger partial charge in [0.25, 0.3) is 0 Å². The first-order valence-corrected chi connectivity index (χ1v) is 6.65. The van der Waals surface area contributed by atoms with Gasteiger partial charge in [-0.05, 0) is 38.6 Å². The fraction of sp³-hybridized carbons (Fsp3) is 1.00. The number of likely N-dealkylation sites (N-methyl/N-ethyl adjacent to an activating group) is 1. The Balaban J connectivity index is 1.80. The molecule has 15 heavy (non-hydrogen) atoms. The van der Waals surface area contributed by atoms with Crippen LogP contribution in [0, 0.1) is 5.92 Å². The second-order valence-electron chi connectivity index (χ2n) is 5.51. The molecule has 2 heteroatoms. The van der Waals surface area contributed by atoms with Gasteiger partial charge in [-0.25, -0.2) is 0 Å². The Labute approximate surface area is 93.7 Å². The van der Waals surface area contributed by atoms with Crippen LogP contribution in [0.4, 0.5) is 0 Å². The molecule has 2 aliphatic rings. The van der Waals surface area contributed by atoms with Crippen LogP contribution in [-0.2, 0) is 0 Å². The number of rotatable bonds is 3. The predicted molar refractivity (Wildman–Crippen MR) is 62.9 cm³/mol. The van der Waals surface area contributed by atoms with E-state index in [0.29, 0.717) is 6.04 Å². The van der Waals surface area contributed by atoms with E-state index in [4.69, 9.17) is 0 Å². The first-order valence-electron chi connectivity index (χ1n) is 6.65. The van der Waals surface area contributed by atoms with Gasteiger partial charge in [0.2, 0.25) is 0 Å². The highest BCUT2D eigenvalue weighted by Crippen LogP contribution is 2.28. The van der Waals surface area contributed by atoms with Crippen molar-refractivity contribution < 1.29 is 5.11 Å². The van der Waals surface area contributed by atoms with Crippen molar-refractivity contribution in [3.8, 4) is 0 Å². The monoisotopic (exact) mass is 211 g/mol. The molecule has 0 heterocycles. The zero-order valence-electron chi connectivity index (χ0n) is 9.99. The van der Waals surface area contributed by atoms with Crippen LogP contribution in [0.25, 0.3) is 0 Å². The maximum atomic E-state index is 9.97. The maximum absolute atomic E-state index is 9.97. The third kappa shape index (κ3) is 2.94. The lowest BCUT2D eigenvalue weighted by molar-refractivity contribution is 0.0261. The minimum Gasteiger partial charge on any atom is -0.391 e. The van der Waals surface area contributed by atoms with Crippen LogP contribution in [0.15, 0.2) is 0 Å². The Morgan fingerprint density at radius 2 is 1.60 bits per heavy atom. The number of aliphatic hydroxyl groups is 1. The van der Waals surface area contributed by atoms with Gasteiger partial charge in [-0.2, -0.15) is 0 Å². The van der Waals surface area contributed by atoms with Gasteiger partial charge < -0.3 is 10.0 Å². The molecule has 0 aliphatic heterocycles. The van der Waals surface area contributed by atoms with Gasteiger partial charge >= 0.3 is 0 Å². The summed E-state index contributed by atoms with van der Waals surface area (Å²) in [6, 6.07) is 0.444. The van der Waals surface area contributed by atoms with Crippen molar-refractivity contribution in [2.24, 2.45) is 5.92 Å². The van der Waals surface area contributed by atoms with E-state index < -0.39 is 0 Å². The van der Waals surface area contributed by atoms with E-state index in [-0.39, 0.29) is 6.10 Å². The zero-order valence-corrected chi connectivity index (χ0v) is 9.99. The molecule has 0 aromatic rings. The molecule has 88 valence electrons. The van der Waals surface area contributed by atoms with Crippen molar-refractivity contribution in [1.82, 2.24) is 4.90 Å². The molecule has 2 nitrogen and oxygen atoms in total. The fourth-order valence-corrected chi connectivity index (χ4v) is 3.34. The van der Waals surface area contributed by atoms with Crippen molar-refractivity contribution in [3.05, 3.63) is 0 Å². The standard InChI is InChI=1S/C13H25NO/c1-14(10-11-6-2-3-7-11)12-8-4-5-9-13(12)15/h11-13,15H,2-10H2,1H3. The molecule has 0 spiro atoms. The molecule has 1 N–H and O–H groups in total. The van der Waals surface area contributed by atoms with Crippen LogP contribution in [-0.4, -0.2) is 35.7 Å². The van der Waals surface area contributed by atoms with E-state index in [0.717, 1.165) is 12.3 Å². The molecule has 2 rings (SSSR count). The number of hydrogen-bond acceptors (Lipinski definition) is 2. The average Bonchev–Trinajstić information content (AvgIpc) is 2.71. The Bertz CT molecular complexity index is 189. The summed E-state index contributed by atoms with van der Waals surface area (Å²) in [7, 11) is 2.21. The third-order valence-electron chi connectivity index (χ3n) is 4.28. The lowest BCUT2D eigenvalue weighted by Gasteiger charge is -2.36. The van der Waals surface area contributed by atoms with Crippen LogP contribution in [0.1, 0.15) is 51.4 Å². The fourth-order valence-electron chi connectivity index (χ4n) is 3.34. The Morgan fingerprint density at radius 1 is 1.00 bits per heavy atom. The number of hydrogen-bond donors (Lipinski definition) is 1. The minimum absolute atomic E-state index is 0.0647. The molecule has 0 aromatic heterocycles. The third-order valence-corrected chi connectivity index (χ3v) is 4.28. The first-order chi connectivity index (χ1) is 7.27. The first kappa shape index (κ1) is 11.4. The highest BCUT2D eigenvalue weighted by atomic mass is 16.3. The van der Waals surface area contributed by atoms with Crippen LogP contribution in [0.3, 0.4) is 0 Å². The van der Waals surface area contributed by atoms with Crippen LogP contribution in [0.5, 0.6) is 0 Å². The van der Waals surface area contributed by atoms with Gasteiger partial charge in [0.15, 0.2) is 0 Å². The summed E-state index contributed by atoms with van der Waals surface area (Å²) in [6.45, 7) is 1.21. The summed E-state index contributed by atoms with van der Waals surface area (Å²) in [4.78, 5) is 2.43. The SMILES string of the molecule is CN(CC1CCCC1)C1CCCCC1O. The normalized spacial score (nSPS) is 33.8. The largest absolute Gasteiger partial charge is 0.391 e. The average molecular weight is 211 g/mol. The number of aliphatic hydroxyl groups excluding tert-OH is 1. The molecule has 0 radical (unpaired) electrons. The zero-order chi connectivity index (χ0) is 10.7. The van der Waals surface area contributed by atoms with E-state index in [1.165, 1.54) is 51.5 Å². The summed E-state index contributed by atoms with van der Waals surface area (Å²) in [5.74, 6) is 0.907. The van der Waals surface area contributed by atoms with Crippen molar-refractivity contribution in [1.29, 1.82) is 0 Å². The minimum atomic E-state index is -0.0647. The van der Waals surface area contributed by atoms with Gasteiger partial charge in [-0.3, -0.25) is 0 Å². The van der Waals surface area contributed by atoms with E-state index >= 15 is 0 Å². The van der Waals surface area contributed by atoms with Gasteiger partial charge in [0, 0.05) is 12.6 Å². The quantitative estimate of drug-likeness (QED) is 0.775. The van der Waals surface area contributed by atoms with Crippen LogP contribution < -0.4 is 0 Å². The maximum Gasteiger partial charge on any atom is 0.0695 e. The lowest BCUT2D eigenvalue weighted by Crippen LogP contribution is -2.44. The van der Waals surface area contributed by atoms with Gasteiger partial charge in [-0.15, -0.1) is 0 Å². The summed E-state index contributed by atoms with van der Waals surface area (Å²) in [5.41, 5.74) is 0. The van der Waals surface area contributed by atoms with E-state index in [9.17, 15) is 5.11 Å². The second kappa shape index (κ2) is 5.31. The molecule has 0 saturated heterocycles. The predicted octanol–water partition coefficient (Wildman–Crippen LogP) is 2.41. The summed E-state index contributed by atoms with van der Waals surface area (Å²) in [5, 5.41) is 9.97.